The average Bonchev–Trinajstić information content (AvgIpc) is 2.38. The van der Waals surface area contributed by atoms with Crippen LogP contribution in [0, 0.1) is 0 Å². The molecule has 0 atom stereocenters. The predicted octanol–water partition coefficient (Wildman–Crippen LogP) is 1.24. The number of hydrogen-bond donors (Lipinski definition) is 2. The summed E-state index contributed by atoms with van der Waals surface area (Å²) in [6.07, 6.45) is 0. The van der Waals surface area contributed by atoms with Crippen molar-refractivity contribution in [3.8, 4) is 5.75 Å². The molecule has 1 aromatic carbocycles. The van der Waals surface area contributed by atoms with Crippen LogP contribution in [0.25, 0.3) is 0 Å². The number of methoxy groups -OCH3 is 1. The molecule has 0 heterocycles. The molecule has 3 N–H and O–H groups in total. The van der Waals surface area contributed by atoms with Crippen LogP contribution in [0.1, 0.15) is 6.92 Å². The lowest BCUT2D eigenvalue weighted by atomic mass is 10.3. The largest absolute Gasteiger partial charge is 0.497 e. The van der Waals surface area contributed by atoms with Gasteiger partial charge in [-0.2, -0.15) is 0 Å². The lowest BCUT2D eigenvalue weighted by Gasteiger charge is -2.18. The first-order valence-corrected chi connectivity index (χ1v) is 6.40. The van der Waals surface area contributed by atoms with Crippen molar-refractivity contribution >= 4 is 28.8 Å². The molecule has 6 heteroatoms. The van der Waals surface area contributed by atoms with Crippen molar-refractivity contribution < 1.29 is 9.53 Å². The Morgan fingerprint density at radius 2 is 2.00 bits per heavy atom. The van der Waals surface area contributed by atoms with Crippen molar-refractivity contribution in [3.05, 3.63) is 24.3 Å². The van der Waals surface area contributed by atoms with Gasteiger partial charge in [-0.3, -0.25) is 9.69 Å². The monoisotopic (exact) mass is 281 g/mol. The van der Waals surface area contributed by atoms with Crippen LogP contribution in [0.5, 0.6) is 5.75 Å². The number of nitrogens with zero attached hydrogens (tertiary/aromatic N) is 1. The molecule has 0 saturated heterocycles. The average molecular weight is 281 g/mol. The minimum absolute atomic E-state index is 0.0942. The molecule has 0 aliphatic carbocycles. The molecule has 19 heavy (non-hydrogen) atoms. The van der Waals surface area contributed by atoms with Crippen LogP contribution < -0.4 is 15.8 Å². The summed E-state index contributed by atoms with van der Waals surface area (Å²) >= 11 is 4.84. The number of anilines is 1. The number of amides is 1. The fourth-order valence-electron chi connectivity index (χ4n) is 1.58. The van der Waals surface area contributed by atoms with Gasteiger partial charge >= 0.3 is 0 Å². The number of rotatable bonds is 7. The van der Waals surface area contributed by atoms with Gasteiger partial charge in [-0.15, -0.1) is 0 Å². The SMILES string of the molecule is CCN(CC(=O)Nc1ccc(OC)cc1)CC(N)=S. The van der Waals surface area contributed by atoms with E-state index in [2.05, 4.69) is 5.32 Å². The molecule has 0 bridgehead atoms. The maximum atomic E-state index is 11.8. The van der Waals surface area contributed by atoms with Gasteiger partial charge in [0.2, 0.25) is 5.91 Å². The summed E-state index contributed by atoms with van der Waals surface area (Å²) < 4.78 is 5.05. The summed E-state index contributed by atoms with van der Waals surface area (Å²) in [5, 5.41) is 2.81. The third kappa shape index (κ3) is 5.67. The third-order valence-electron chi connectivity index (χ3n) is 2.57. The van der Waals surface area contributed by atoms with E-state index < -0.39 is 0 Å². The minimum Gasteiger partial charge on any atom is -0.497 e. The predicted molar refractivity (Wildman–Crippen MR) is 80.5 cm³/mol. The number of benzene rings is 1. The summed E-state index contributed by atoms with van der Waals surface area (Å²) in [7, 11) is 1.60. The van der Waals surface area contributed by atoms with E-state index in [1.165, 1.54) is 0 Å². The number of carbonyl (C=O) groups excluding carboxylic acids is 1. The summed E-state index contributed by atoms with van der Waals surface area (Å²) in [5.74, 6) is 0.657. The molecular formula is C13H19N3O2S. The molecule has 5 nitrogen and oxygen atoms in total. The highest BCUT2D eigenvalue weighted by Crippen LogP contribution is 2.14. The summed E-state index contributed by atoms with van der Waals surface area (Å²) in [6.45, 7) is 3.38. The Morgan fingerprint density at radius 1 is 1.37 bits per heavy atom. The molecule has 0 aliphatic heterocycles. The molecule has 0 spiro atoms. The number of hydrogen-bond acceptors (Lipinski definition) is 4. The Balaban J connectivity index is 2.51. The van der Waals surface area contributed by atoms with Crippen molar-refractivity contribution in [3.63, 3.8) is 0 Å². The van der Waals surface area contributed by atoms with Crippen LogP contribution in [0.3, 0.4) is 0 Å². The molecular weight excluding hydrogens is 262 g/mol. The van der Waals surface area contributed by atoms with E-state index in [0.29, 0.717) is 18.1 Å². The van der Waals surface area contributed by atoms with Crippen LogP contribution in [-0.2, 0) is 4.79 Å². The Labute approximate surface area is 118 Å². The van der Waals surface area contributed by atoms with Crippen LogP contribution >= 0.6 is 12.2 Å². The highest BCUT2D eigenvalue weighted by Gasteiger charge is 2.10. The zero-order chi connectivity index (χ0) is 14.3. The maximum absolute atomic E-state index is 11.8. The Bertz CT molecular complexity index is 434. The van der Waals surface area contributed by atoms with E-state index in [-0.39, 0.29) is 12.5 Å². The third-order valence-corrected chi connectivity index (χ3v) is 2.70. The van der Waals surface area contributed by atoms with Crippen LogP contribution in [0.2, 0.25) is 0 Å². The number of thiocarbonyl (C=S) groups is 1. The van der Waals surface area contributed by atoms with Gasteiger partial charge in [-0.25, -0.2) is 0 Å². The van der Waals surface area contributed by atoms with E-state index in [0.717, 1.165) is 11.4 Å². The molecule has 0 saturated carbocycles. The standard InChI is InChI=1S/C13H19N3O2S/c1-3-16(8-12(14)19)9-13(17)15-10-4-6-11(18-2)7-5-10/h4-7H,3,8-9H2,1-2H3,(H2,14,19)(H,15,17). The van der Waals surface area contributed by atoms with Gasteiger partial charge in [0, 0.05) is 12.2 Å². The van der Waals surface area contributed by atoms with Crippen molar-refractivity contribution in [1.29, 1.82) is 0 Å². The van der Waals surface area contributed by atoms with Gasteiger partial charge in [-0.05, 0) is 30.8 Å². The van der Waals surface area contributed by atoms with Crippen molar-refractivity contribution in [2.45, 2.75) is 6.92 Å². The van der Waals surface area contributed by atoms with Crippen molar-refractivity contribution in [1.82, 2.24) is 4.90 Å². The van der Waals surface area contributed by atoms with Crippen molar-refractivity contribution in [2.24, 2.45) is 5.73 Å². The normalized spacial score (nSPS) is 10.3. The molecule has 0 unspecified atom stereocenters. The van der Waals surface area contributed by atoms with Crippen LogP contribution in [-0.4, -0.2) is 42.5 Å². The maximum Gasteiger partial charge on any atom is 0.238 e. The first-order chi connectivity index (χ1) is 9.05. The molecule has 1 aromatic rings. The van der Waals surface area contributed by atoms with Gasteiger partial charge in [0.05, 0.1) is 18.6 Å². The van der Waals surface area contributed by atoms with Crippen LogP contribution in [0.15, 0.2) is 24.3 Å². The molecule has 0 fully saturated rings. The smallest absolute Gasteiger partial charge is 0.238 e. The van der Waals surface area contributed by atoms with Gasteiger partial charge < -0.3 is 15.8 Å². The minimum atomic E-state index is -0.0942. The number of carbonyl (C=O) groups is 1. The highest BCUT2D eigenvalue weighted by atomic mass is 32.1. The first-order valence-electron chi connectivity index (χ1n) is 5.99. The second kappa shape index (κ2) is 7.70. The van der Waals surface area contributed by atoms with Gasteiger partial charge in [0.1, 0.15) is 5.75 Å². The quantitative estimate of drug-likeness (QED) is 0.736. The number of nitrogens with one attached hydrogen (secondary N) is 1. The van der Waals surface area contributed by atoms with Gasteiger partial charge in [0.15, 0.2) is 0 Å². The van der Waals surface area contributed by atoms with E-state index >= 15 is 0 Å². The summed E-state index contributed by atoms with van der Waals surface area (Å²) in [4.78, 5) is 14.1. The molecule has 104 valence electrons. The lowest BCUT2D eigenvalue weighted by Crippen LogP contribution is -2.38. The summed E-state index contributed by atoms with van der Waals surface area (Å²) in [6, 6.07) is 7.17. The van der Waals surface area contributed by atoms with Gasteiger partial charge in [0.25, 0.3) is 0 Å². The molecule has 1 rings (SSSR count). The van der Waals surface area contributed by atoms with Crippen LogP contribution in [0.4, 0.5) is 5.69 Å². The Morgan fingerprint density at radius 3 is 2.47 bits per heavy atom. The van der Waals surface area contributed by atoms with E-state index in [9.17, 15) is 4.79 Å². The lowest BCUT2D eigenvalue weighted by molar-refractivity contribution is -0.117. The fraction of sp³-hybridized carbons (Fsp3) is 0.385. The first kappa shape index (κ1) is 15.4. The van der Waals surface area contributed by atoms with Gasteiger partial charge in [-0.1, -0.05) is 19.1 Å². The number of ether oxygens (including phenoxy) is 1. The molecule has 0 aliphatic rings. The highest BCUT2D eigenvalue weighted by molar-refractivity contribution is 7.80. The topological polar surface area (TPSA) is 67.6 Å². The second-order valence-corrected chi connectivity index (χ2v) is 4.57. The second-order valence-electron chi connectivity index (χ2n) is 4.05. The zero-order valence-electron chi connectivity index (χ0n) is 11.2. The molecule has 0 radical (unpaired) electrons. The van der Waals surface area contributed by atoms with E-state index in [1.54, 1.807) is 31.4 Å². The number of nitrogens with two attached hydrogens (primary N) is 1. The van der Waals surface area contributed by atoms with E-state index in [4.69, 9.17) is 22.7 Å². The molecule has 0 aromatic heterocycles. The number of likely N-dealkylation sites (N-methyl/N-ethyl adjacent to an activating group) is 1. The Hall–Kier alpha value is -1.66. The Kier molecular flexibility index (Phi) is 6.24. The zero-order valence-corrected chi connectivity index (χ0v) is 12.0. The molecule has 1 amide bonds. The fourth-order valence-corrected chi connectivity index (χ4v) is 1.76. The summed E-state index contributed by atoms with van der Waals surface area (Å²) in [5.41, 5.74) is 6.21. The van der Waals surface area contributed by atoms with E-state index in [1.807, 2.05) is 11.8 Å². The van der Waals surface area contributed by atoms with Crippen molar-refractivity contribution in [2.75, 3.05) is 32.1 Å².